The van der Waals surface area contributed by atoms with E-state index >= 15 is 0 Å². The van der Waals surface area contributed by atoms with Crippen LogP contribution >= 0.6 is 0 Å². The van der Waals surface area contributed by atoms with E-state index in [0.29, 0.717) is 0 Å². The van der Waals surface area contributed by atoms with Gasteiger partial charge in [0.05, 0.1) is 12.5 Å². The monoisotopic (exact) mass is 316 g/mol. The fourth-order valence-corrected chi connectivity index (χ4v) is 3.29. The molecule has 0 atom stereocenters. The molecule has 2 heteroatoms. The number of hydrogen-bond donors (Lipinski definition) is 0. The molecule has 0 saturated heterocycles. The van der Waals surface area contributed by atoms with Gasteiger partial charge in [-0.25, -0.2) is 0 Å². The summed E-state index contributed by atoms with van der Waals surface area (Å²) in [7, 11) is 0. The van der Waals surface area contributed by atoms with Crippen LogP contribution < -0.4 is 0 Å². The minimum Gasteiger partial charge on any atom is -0.464 e. The topological polar surface area (TPSA) is 26.3 Å². The molecule has 2 heterocycles. The number of fused-ring (bicyclic) bond motifs is 1. The van der Waals surface area contributed by atoms with Gasteiger partial charge in [-0.05, 0) is 52.1 Å². The van der Waals surface area contributed by atoms with E-state index in [1.165, 1.54) is 21.9 Å². The zero-order valence-corrected chi connectivity index (χ0v) is 14.2. The van der Waals surface area contributed by atoms with Crippen molar-refractivity contribution in [1.29, 1.82) is 0 Å². The molecule has 0 unspecified atom stereocenters. The molecule has 4 aromatic rings. The Labute approximate surface area is 141 Å². The highest BCUT2D eigenvalue weighted by molar-refractivity contribution is 6.05. The summed E-state index contributed by atoms with van der Waals surface area (Å²) in [5.74, 6) is 1.80. The van der Waals surface area contributed by atoms with Crippen LogP contribution in [0.5, 0.6) is 0 Å². The molecule has 0 amide bonds. The first-order valence-corrected chi connectivity index (χ1v) is 8.20. The van der Waals surface area contributed by atoms with Gasteiger partial charge in [-0.2, -0.15) is 0 Å². The third-order valence-electron chi connectivity index (χ3n) is 4.41. The molecule has 2 nitrogen and oxygen atoms in total. The van der Waals surface area contributed by atoms with Crippen LogP contribution in [0.1, 0.15) is 26.3 Å². The second-order valence-corrected chi connectivity index (χ2v) is 7.10. The summed E-state index contributed by atoms with van der Waals surface area (Å²) in [6.07, 6.45) is 3.46. The van der Waals surface area contributed by atoms with E-state index in [4.69, 9.17) is 8.83 Å². The van der Waals surface area contributed by atoms with Gasteiger partial charge in [0.15, 0.2) is 0 Å². The van der Waals surface area contributed by atoms with Crippen molar-refractivity contribution in [2.75, 3.05) is 0 Å². The summed E-state index contributed by atoms with van der Waals surface area (Å²) in [4.78, 5) is 0. The van der Waals surface area contributed by atoms with Crippen molar-refractivity contribution in [2.24, 2.45) is 0 Å². The largest absolute Gasteiger partial charge is 0.464 e. The van der Waals surface area contributed by atoms with Crippen molar-refractivity contribution in [3.63, 3.8) is 0 Å². The highest BCUT2D eigenvalue weighted by atomic mass is 16.3. The molecular formula is C22H20O2. The van der Waals surface area contributed by atoms with E-state index < -0.39 is 0 Å². The summed E-state index contributed by atoms with van der Waals surface area (Å²) >= 11 is 0. The molecule has 2 aromatic heterocycles. The smallest absolute Gasteiger partial charge is 0.134 e. The van der Waals surface area contributed by atoms with Gasteiger partial charge in [0.1, 0.15) is 11.5 Å². The molecule has 0 aliphatic heterocycles. The second kappa shape index (κ2) is 5.41. The molecule has 0 fully saturated rings. The first-order valence-electron chi connectivity index (χ1n) is 8.20. The zero-order valence-electron chi connectivity index (χ0n) is 14.2. The van der Waals surface area contributed by atoms with Crippen molar-refractivity contribution in [3.05, 3.63) is 72.7 Å². The predicted molar refractivity (Wildman–Crippen MR) is 98.1 cm³/mol. The summed E-state index contributed by atoms with van der Waals surface area (Å²) < 4.78 is 11.5. The molecule has 0 radical (unpaired) electrons. The SMILES string of the molecule is CC(C)(C)c1cc(-c2ccco2)c2ccccc2c1-c1ccco1. The molecule has 2 aromatic carbocycles. The van der Waals surface area contributed by atoms with E-state index in [-0.39, 0.29) is 5.41 Å². The van der Waals surface area contributed by atoms with Crippen LogP contribution in [0.25, 0.3) is 33.4 Å². The van der Waals surface area contributed by atoms with Crippen LogP contribution in [0.15, 0.2) is 76.0 Å². The van der Waals surface area contributed by atoms with E-state index in [0.717, 1.165) is 17.1 Å². The summed E-state index contributed by atoms with van der Waals surface area (Å²) in [6.45, 7) is 6.69. The molecule has 0 saturated carbocycles. The van der Waals surface area contributed by atoms with Gasteiger partial charge >= 0.3 is 0 Å². The maximum absolute atomic E-state index is 5.77. The van der Waals surface area contributed by atoms with E-state index in [1.54, 1.807) is 12.5 Å². The van der Waals surface area contributed by atoms with Crippen LogP contribution in [0, 0.1) is 0 Å². The highest BCUT2D eigenvalue weighted by Gasteiger charge is 2.24. The molecule has 0 aliphatic rings. The third kappa shape index (κ3) is 2.35. The van der Waals surface area contributed by atoms with E-state index in [2.05, 4.69) is 51.1 Å². The quantitative estimate of drug-likeness (QED) is 0.413. The van der Waals surface area contributed by atoms with E-state index in [9.17, 15) is 0 Å². The Morgan fingerprint density at radius 2 is 1.33 bits per heavy atom. The normalized spacial score (nSPS) is 12.0. The number of furan rings is 2. The van der Waals surface area contributed by atoms with Crippen LogP contribution in [0.2, 0.25) is 0 Å². The van der Waals surface area contributed by atoms with Gasteiger partial charge in [0, 0.05) is 11.1 Å². The number of benzene rings is 2. The van der Waals surface area contributed by atoms with Gasteiger partial charge in [0.2, 0.25) is 0 Å². The lowest BCUT2D eigenvalue weighted by molar-refractivity contribution is 0.566. The average Bonchev–Trinajstić information content (AvgIpc) is 3.26. The minimum absolute atomic E-state index is 0.0203. The van der Waals surface area contributed by atoms with Crippen LogP contribution in [0.4, 0.5) is 0 Å². The Morgan fingerprint density at radius 3 is 1.92 bits per heavy atom. The summed E-state index contributed by atoms with van der Waals surface area (Å²) in [5.41, 5.74) is 3.52. The fraction of sp³-hybridized carbons (Fsp3) is 0.182. The second-order valence-electron chi connectivity index (χ2n) is 7.10. The molecule has 24 heavy (non-hydrogen) atoms. The summed E-state index contributed by atoms with van der Waals surface area (Å²) in [5, 5.41) is 2.36. The summed E-state index contributed by atoms with van der Waals surface area (Å²) in [6, 6.07) is 18.6. The van der Waals surface area contributed by atoms with Gasteiger partial charge < -0.3 is 8.83 Å². The average molecular weight is 316 g/mol. The van der Waals surface area contributed by atoms with Crippen molar-refractivity contribution in [2.45, 2.75) is 26.2 Å². The van der Waals surface area contributed by atoms with Crippen LogP contribution in [-0.2, 0) is 5.41 Å². The maximum atomic E-state index is 5.77. The Kier molecular flexibility index (Phi) is 3.34. The Morgan fingerprint density at radius 1 is 0.708 bits per heavy atom. The van der Waals surface area contributed by atoms with Crippen molar-refractivity contribution < 1.29 is 8.83 Å². The van der Waals surface area contributed by atoms with Crippen molar-refractivity contribution in [1.82, 2.24) is 0 Å². The van der Waals surface area contributed by atoms with Crippen molar-refractivity contribution in [3.8, 4) is 22.6 Å². The van der Waals surface area contributed by atoms with Gasteiger partial charge in [-0.1, -0.05) is 45.0 Å². The lowest BCUT2D eigenvalue weighted by Gasteiger charge is -2.25. The third-order valence-corrected chi connectivity index (χ3v) is 4.41. The number of hydrogen-bond acceptors (Lipinski definition) is 2. The first kappa shape index (κ1) is 14.8. The zero-order chi connectivity index (χ0) is 16.7. The Balaban J connectivity index is 2.16. The number of rotatable bonds is 2. The fourth-order valence-electron chi connectivity index (χ4n) is 3.29. The standard InChI is InChI=1S/C22H20O2/c1-22(2,3)18-14-17(19-10-6-12-23-19)15-8-4-5-9-16(15)21(18)20-11-7-13-24-20/h4-14H,1-3H3. The maximum Gasteiger partial charge on any atom is 0.134 e. The van der Waals surface area contributed by atoms with E-state index in [1.807, 2.05) is 24.3 Å². The Bertz CT molecular complexity index is 969. The molecule has 0 aliphatic carbocycles. The lowest BCUT2D eigenvalue weighted by Crippen LogP contribution is -2.13. The first-order chi connectivity index (χ1) is 11.6. The molecule has 0 spiro atoms. The predicted octanol–water partition coefficient (Wildman–Crippen LogP) is 6.66. The lowest BCUT2D eigenvalue weighted by atomic mass is 9.79. The molecule has 0 bridgehead atoms. The van der Waals surface area contributed by atoms with Gasteiger partial charge in [0.25, 0.3) is 0 Å². The van der Waals surface area contributed by atoms with Crippen LogP contribution in [-0.4, -0.2) is 0 Å². The molecule has 0 N–H and O–H groups in total. The molecular weight excluding hydrogens is 296 g/mol. The Hall–Kier alpha value is -2.74. The highest BCUT2D eigenvalue weighted by Crippen LogP contribution is 2.43. The molecule has 4 rings (SSSR count). The minimum atomic E-state index is -0.0203. The van der Waals surface area contributed by atoms with Gasteiger partial charge in [-0.3, -0.25) is 0 Å². The van der Waals surface area contributed by atoms with Crippen molar-refractivity contribution >= 4 is 10.8 Å². The van der Waals surface area contributed by atoms with Gasteiger partial charge in [-0.15, -0.1) is 0 Å². The molecule has 120 valence electrons. The van der Waals surface area contributed by atoms with Crippen LogP contribution in [0.3, 0.4) is 0 Å².